The first-order valence-electron chi connectivity index (χ1n) is 15.5. The molecule has 0 aliphatic carbocycles. The van der Waals surface area contributed by atoms with Crippen molar-refractivity contribution in [3.8, 4) is 0 Å². The van der Waals surface area contributed by atoms with E-state index in [0.717, 1.165) is 36.0 Å². The number of hydrogen-bond donors (Lipinski definition) is 4. The number of rotatable bonds is 13. The van der Waals surface area contributed by atoms with Gasteiger partial charge >= 0.3 is 0 Å². The second kappa shape index (κ2) is 16.0. The van der Waals surface area contributed by atoms with Gasteiger partial charge < -0.3 is 26.6 Å². The molecule has 2 radical (unpaired) electrons. The highest BCUT2D eigenvalue weighted by Gasteiger charge is 2.44. The van der Waals surface area contributed by atoms with Crippen LogP contribution in [-0.4, -0.2) is 58.6 Å². The van der Waals surface area contributed by atoms with Gasteiger partial charge in [-0.1, -0.05) is 67.4 Å². The van der Waals surface area contributed by atoms with E-state index in [4.69, 9.17) is 12.7 Å². The molecule has 0 aromatic heterocycles. The molecule has 10 nitrogen and oxygen atoms in total. The molecule has 2 heterocycles. The Balaban J connectivity index is 1.39. The van der Waals surface area contributed by atoms with Crippen molar-refractivity contribution >= 4 is 29.5 Å². The van der Waals surface area contributed by atoms with E-state index in [1.54, 1.807) is 4.90 Å². The van der Waals surface area contributed by atoms with Crippen molar-refractivity contribution in [2.75, 3.05) is 0 Å². The van der Waals surface area contributed by atoms with Crippen LogP contribution in [0.1, 0.15) is 74.5 Å². The molecule has 2 aromatic rings. The van der Waals surface area contributed by atoms with Crippen LogP contribution in [0.4, 0.5) is 0 Å². The molecule has 2 aliphatic heterocycles. The average Bonchev–Trinajstić information content (AvgIpc) is 3.45. The van der Waals surface area contributed by atoms with Gasteiger partial charge in [-0.25, -0.2) is 0 Å². The summed E-state index contributed by atoms with van der Waals surface area (Å²) in [6.07, 6.45) is 5.26. The van der Waals surface area contributed by atoms with Gasteiger partial charge in [0, 0.05) is 25.4 Å². The molecule has 10 heteroatoms. The number of hydrogen-bond acceptors (Lipinski definition) is 5. The molecule has 5 amide bonds. The number of amides is 5. The number of aryl methyl sites for hydroxylation is 1. The Morgan fingerprint density at radius 3 is 2.30 bits per heavy atom. The number of primary amides is 1. The predicted molar refractivity (Wildman–Crippen MR) is 165 cm³/mol. The third-order valence-corrected chi connectivity index (χ3v) is 8.49. The van der Waals surface area contributed by atoms with E-state index in [-0.39, 0.29) is 43.7 Å². The van der Waals surface area contributed by atoms with E-state index in [0.29, 0.717) is 32.1 Å². The Bertz CT molecular complexity index is 1300. The van der Waals surface area contributed by atoms with Gasteiger partial charge in [-0.3, -0.25) is 24.0 Å². The van der Waals surface area contributed by atoms with Crippen LogP contribution in [0, 0.1) is 6.92 Å². The van der Waals surface area contributed by atoms with Gasteiger partial charge in [0.1, 0.15) is 18.1 Å². The topological polar surface area (TPSA) is 151 Å². The SMILES string of the molecule is [CH]Cc1ccc(CCC(=O)N[C@H]2CCCC[C@H]3CC[C@@H](C(=O)N[C@@H](CCC(N)=O)C(=O)NCc4ccccc4)N3C2=O)cc1. The number of nitrogens with two attached hydrogens (primary N) is 1. The zero-order chi connectivity index (χ0) is 31.5. The molecule has 2 aliphatic rings. The molecule has 0 spiro atoms. The molecule has 2 fully saturated rings. The van der Waals surface area contributed by atoms with Crippen LogP contribution in [0.5, 0.6) is 0 Å². The van der Waals surface area contributed by atoms with E-state index in [2.05, 4.69) is 16.0 Å². The van der Waals surface area contributed by atoms with Gasteiger partial charge in [-0.15, -0.1) is 0 Å². The number of carbonyl (C=O) groups excluding carboxylic acids is 5. The predicted octanol–water partition coefficient (Wildman–Crippen LogP) is 2.36. The van der Waals surface area contributed by atoms with Crippen molar-refractivity contribution in [1.29, 1.82) is 0 Å². The third kappa shape index (κ3) is 9.14. The van der Waals surface area contributed by atoms with Crippen molar-refractivity contribution in [2.45, 2.75) is 101 Å². The maximum atomic E-state index is 13.8. The van der Waals surface area contributed by atoms with Gasteiger partial charge in [-0.05, 0) is 68.6 Å². The highest BCUT2D eigenvalue weighted by molar-refractivity contribution is 5.95. The van der Waals surface area contributed by atoms with Crippen molar-refractivity contribution in [2.24, 2.45) is 5.73 Å². The Morgan fingerprint density at radius 1 is 0.886 bits per heavy atom. The molecule has 44 heavy (non-hydrogen) atoms. The van der Waals surface area contributed by atoms with E-state index >= 15 is 0 Å². The van der Waals surface area contributed by atoms with Crippen LogP contribution in [0.3, 0.4) is 0 Å². The average molecular weight is 602 g/mol. The van der Waals surface area contributed by atoms with Crippen LogP contribution < -0.4 is 21.7 Å². The highest BCUT2D eigenvalue weighted by Crippen LogP contribution is 2.31. The molecule has 234 valence electrons. The monoisotopic (exact) mass is 601 g/mol. The minimum absolute atomic E-state index is 0.0411. The number of carbonyl (C=O) groups is 5. The largest absolute Gasteiger partial charge is 0.370 e. The smallest absolute Gasteiger partial charge is 0.246 e. The summed E-state index contributed by atoms with van der Waals surface area (Å²) >= 11 is 0. The normalized spacial score (nSPS) is 20.5. The fourth-order valence-electron chi connectivity index (χ4n) is 6.02. The van der Waals surface area contributed by atoms with E-state index in [9.17, 15) is 24.0 Å². The summed E-state index contributed by atoms with van der Waals surface area (Å²) in [4.78, 5) is 66.6. The van der Waals surface area contributed by atoms with Crippen molar-refractivity contribution in [3.63, 3.8) is 0 Å². The Morgan fingerprint density at radius 2 is 1.59 bits per heavy atom. The fourth-order valence-corrected chi connectivity index (χ4v) is 6.02. The lowest BCUT2D eigenvalue weighted by Crippen LogP contribution is -2.58. The lowest BCUT2D eigenvalue weighted by atomic mass is 9.98. The first-order valence-corrected chi connectivity index (χ1v) is 15.5. The summed E-state index contributed by atoms with van der Waals surface area (Å²) in [5.74, 6) is -1.94. The highest BCUT2D eigenvalue weighted by atomic mass is 16.2. The molecule has 0 unspecified atom stereocenters. The molecule has 0 saturated carbocycles. The number of fused-ring (bicyclic) bond motifs is 1. The van der Waals surface area contributed by atoms with Crippen molar-refractivity contribution < 1.29 is 24.0 Å². The Kier molecular flexibility index (Phi) is 11.9. The molecule has 0 bridgehead atoms. The molecular weight excluding hydrogens is 558 g/mol. The minimum Gasteiger partial charge on any atom is -0.370 e. The second-order valence-electron chi connectivity index (χ2n) is 11.7. The maximum absolute atomic E-state index is 13.8. The summed E-state index contributed by atoms with van der Waals surface area (Å²) in [5.41, 5.74) is 8.26. The van der Waals surface area contributed by atoms with Gasteiger partial charge in [0.15, 0.2) is 0 Å². The maximum Gasteiger partial charge on any atom is 0.246 e. The summed E-state index contributed by atoms with van der Waals surface area (Å²) < 4.78 is 0. The molecule has 5 N–H and O–H groups in total. The van der Waals surface area contributed by atoms with Gasteiger partial charge in [0.05, 0.1) is 0 Å². The summed E-state index contributed by atoms with van der Waals surface area (Å²) in [6.45, 7) is 5.93. The summed E-state index contributed by atoms with van der Waals surface area (Å²) in [6, 6.07) is 14.5. The minimum atomic E-state index is -0.989. The first-order chi connectivity index (χ1) is 21.2. The van der Waals surface area contributed by atoms with E-state index in [1.165, 1.54) is 0 Å². The third-order valence-electron chi connectivity index (χ3n) is 8.49. The van der Waals surface area contributed by atoms with Crippen molar-refractivity contribution in [1.82, 2.24) is 20.9 Å². The van der Waals surface area contributed by atoms with Crippen LogP contribution in [-0.2, 0) is 43.4 Å². The Hall–Kier alpha value is -4.21. The zero-order valence-electron chi connectivity index (χ0n) is 25.1. The summed E-state index contributed by atoms with van der Waals surface area (Å²) in [5, 5.41) is 8.54. The lowest BCUT2D eigenvalue weighted by Gasteiger charge is -2.35. The molecule has 4 rings (SSSR count). The number of nitrogens with zero attached hydrogens (tertiary/aromatic N) is 1. The fraction of sp³-hybridized carbons (Fsp3) is 0.471. The zero-order valence-corrected chi connectivity index (χ0v) is 25.1. The molecular formula is C34H43N5O5. The lowest BCUT2D eigenvalue weighted by molar-refractivity contribution is -0.144. The van der Waals surface area contributed by atoms with Crippen LogP contribution in [0.25, 0.3) is 0 Å². The molecule has 2 aromatic carbocycles. The van der Waals surface area contributed by atoms with Crippen molar-refractivity contribution in [3.05, 3.63) is 78.2 Å². The standard InChI is InChI=1S/C34H43N5O5/c1-2-23-12-14-24(15-13-23)16-21-31(41)37-28-11-7-6-10-26-17-19-29(39(26)34(28)44)33(43)38-27(18-20-30(35)40)32(42)36-22-25-8-4-3-5-9-25/h1,3-5,8-9,12-15,26-29H,2,6-7,10-11,16-22H2,(H2,35,40)(H,36,42)(H,37,41)(H,38,43)/t26-,27-,28-,29-/m0/s1. The van der Waals surface area contributed by atoms with Crippen LogP contribution >= 0.6 is 0 Å². The van der Waals surface area contributed by atoms with E-state index in [1.807, 2.05) is 54.6 Å². The molecule has 2 saturated heterocycles. The first kappa shape index (κ1) is 32.7. The van der Waals surface area contributed by atoms with Crippen LogP contribution in [0.2, 0.25) is 0 Å². The van der Waals surface area contributed by atoms with Crippen LogP contribution in [0.15, 0.2) is 54.6 Å². The number of nitrogens with one attached hydrogen (secondary N) is 3. The van der Waals surface area contributed by atoms with Gasteiger partial charge in [-0.2, -0.15) is 0 Å². The van der Waals surface area contributed by atoms with Gasteiger partial charge in [0.25, 0.3) is 0 Å². The van der Waals surface area contributed by atoms with E-state index < -0.39 is 35.8 Å². The Labute approximate surface area is 259 Å². The second-order valence-corrected chi connectivity index (χ2v) is 11.7. The quantitative estimate of drug-likeness (QED) is 0.278. The number of benzene rings is 2. The summed E-state index contributed by atoms with van der Waals surface area (Å²) in [7, 11) is 0. The molecule has 4 atom stereocenters. The van der Waals surface area contributed by atoms with Gasteiger partial charge in [0.2, 0.25) is 29.5 Å².